The van der Waals surface area contributed by atoms with E-state index in [2.05, 4.69) is 20.4 Å². The lowest BCUT2D eigenvalue weighted by molar-refractivity contribution is 0.199. The highest BCUT2D eigenvalue weighted by Gasteiger charge is 2.08. The van der Waals surface area contributed by atoms with Crippen LogP contribution in [0.3, 0.4) is 0 Å². The molecule has 2 aromatic heterocycles. The first-order valence-electron chi connectivity index (χ1n) is 6.24. The largest absolute Gasteiger partial charge is 0.389 e. The van der Waals surface area contributed by atoms with Gasteiger partial charge in [-0.15, -0.1) is 15.0 Å². The van der Waals surface area contributed by atoms with Gasteiger partial charge in [0.2, 0.25) is 5.82 Å². The highest BCUT2D eigenvalue weighted by Crippen LogP contribution is 2.14. The van der Waals surface area contributed by atoms with Crippen molar-refractivity contribution in [3.8, 4) is 17.2 Å². The number of pyridine rings is 1. The highest BCUT2D eigenvalue weighted by molar-refractivity contribution is 5.53. The summed E-state index contributed by atoms with van der Waals surface area (Å²) in [6.45, 7) is 1.69. The van der Waals surface area contributed by atoms with E-state index >= 15 is 0 Å². The quantitative estimate of drug-likeness (QED) is 0.782. The molecule has 2 heterocycles. The van der Waals surface area contributed by atoms with Gasteiger partial charge in [-0.25, -0.2) is 4.98 Å². The third-order valence-corrected chi connectivity index (χ3v) is 2.90. The molecule has 6 heteroatoms. The molecule has 0 fully saturated rings. The molecule has 0 bridgehead atoms. The SMILES string of the molecule is C[C@@H](O)c1ccc(-n2nnc(-c3ccccc3)n2)nc1. The van der Waals surface area contributed by atoms with E-state index in [0.29, 0.717) is 11.6 Å². The maximum absolute atomic E-state index is 9.45. The summed E-state index contributed by atoms with van der Waals surface area (Å²) in [5.74, 6) is 1.11. The zero-order valence-corrected chi connectivity index (χ0v) is 10.9. The van der Waals surface area contributed by atoms with Crippen LogP contribution in [0.5, 0.6) is 0 Å². The second kappa shape index (κ2) is 5.18. The summed E-state index contributed by atoms with van der Waals surface area (Å²) >= 11 is 0. The van der Waals surface area contributed by atoms with Crippen LogP contribution in [0, 0.1) is 0 Å². The molecule has 20 heavy (non-hydrogen) atoms. The van der Waals surface area contributed by atoms with E-state index in [4.69, 9.17) is 0 Å². The lowest BCUT2D eigenvalue weighted by Crippen LogP contribution is -2.03. The molecule has 0 radical (unpaired) electrons. The van der Waals surface area contributed by atoms with E-state index in [9.17, 15) is 5.11 Å². The summed E-state index contributed by atoms with van der Waals surface area (Å²) in [7, 11) is 0. The molecule has 0 aliphatic carbocycles. The number of aliphatic hydroxyl groups excluding tert-OH is 1. The molecule has 100 valence electrons. The van der Waals surface area contributed by atoms with Crippen LogP contribution in [-0.4, -0.2) is 30.3 Å². The van der Waals surface area contributed by atoms with Gasteiger partial charge in [-0.2, -0.15) is 0 Å². The molecule has 1 aromatic carbocycles. The fourth-order valence-corrected chi connectivity index (χ4v) is 1.78. The van der Waals surface area contributed by atoms with Gasteiger partial charge in [0.1, 0.15) is 0 Å². The summed E-state index contributed by atoms with van der Waals surface area (Å²) in [4.78, 5) is 5.58. The van der Waals surface area contributed by atoms with Crippen LogP contribution < -0.4 is 0 Å². The average Bonchev–Trinajstić information content (AvgIpc) is 2.98. The van der Waals surface area contributed by atoms with Gasteiger partial charge < -0.3 is 5.11 Å². The monoisotopic (exact) mass is 267 g/mol. The van der Waals surface area contributed by atoms with Crippen LogP contribution in [-0.2, 0) is 0 Å². The first-order chi connectivity index (χ1) is 9.74. The summed E-state index contributed by atoms with van der Waals surface area (Å²) in [6.07, 6.45) is 1.06. The minimum absolute atomic E-state index is 0.542. The van der Waals surface area contributed by atoms with E-state index in [1.165, 1.54) is 4.80 Å². The lowest BCUT2D eigenvalue weighted by atomic mass is 10.2. The molecule has 0 saturated heterocycles. The molecule has 6 nitrogen and oxygen atoms in total. The Morgan fingerprint density at radius 2 is 1.90 bits per heavy atom. The Bertz CT molecular complexity index is 691. The van der Waals surface area contributed by atoms with Gasteiger partial charge >= 0.3 is 0 Å². The normalized spacial score (nSPS) is 12.3. The van der Waals surface area contributed by atoms with Crippen molar-refractivity contribution in [1.29, 1.82) is 0 Å². The Morgan fingerprint density at radius 3 is 2.55 bits per heavy atom. The van der Waals surface area contributed by atoms with Crippen molar-refractivity contribution < 1.29 is 5.11 Å². The van der Waals surface area contributed by atoms with Crippen molar-refractivity contribution in [2.45, 2.75) is 13.0 Å². The third-order valence-electron chi connectivity index (χ3n) is 2.90. The molecule has 3 aromatic rings. The van der Waals surface area contributed by atoms with Crippen molar-refractivity contribution in [3.05, 3.63) is 54.2 Å². The number of aromatic nitrogens is 5. The molecule has 0 spiro atoms. The fourth-order valence-electron chi connectivity index (χ4n) is 1.78. The molecule has 1 N–H and O–H groups in total. The van der Waals surface area contributed by atoms with Crippen LogP contribution in [0.15, 0.2) is 48.7 Å². The van der Waals surface area contributed by atoms with Crippen LogP contribution in [0.25, 0.3) is 17.2 Å². The van der Waals surface area contributed by atoms with Gasteiger partial charge in [0, 0.05) is 11.8 Å². The molecule has 0 saturated carbocycles. The smallest absolute Gasteiger partial charge is 0.205 e. The van der Waals surface area contributed by atoms with Crippen LogP contribution in [0.1, 0.15) is 18.6 Å². The molecule has 0 aliphatic rings. The van der Waals surface area contributed by atoms with E-state index in [-0.39, 0.29) is 0 Å². The fraction of sp³-hybridized carbons (Fsp3) is 0.143. The van der Waals surface area contributed by atoms with Crippen molar-refractivity contribution in [2.24, 2.45) is 0 Å². The third kappa shape index (κ3) is 2.41. The van der Waals surface area contributed by atoms with Crippen LogP contribution >= 0.6 is 0 Å². The maximum Gasteiger partial charge on any atom is 0.205 e. The molecular weight excluding hydrogens is 254 g/mol. The Balaban J connectivity index is 1.90. The maximum atomic E-state index is 9.45. The van der Waals surface area contributed by atoms with Crippen LogP contribution in [0.4, 0.5) is 0 Å². The summed E-state index contributed by atoms with van der Waals surface area (Å²) < 4.78 is 0. The lowest BCUT2D eigenvalue weighted by Gasteiger charge is -2.03. The van der Waals surface area contributed by atoms with Crippen molar-refractivity contribution in [3.63, 3.8) is 0 Å². The van der Waals surface area contributed by atoms with Gasteiger partial charge in [-0.1, -0.05) is 36.4 Å². The topological polar surface area (TPSA) is 76.7 Å². The first-order valence-corrected chi connectivity index (χ1v) is 6.24. The Kier molecular flexibility index (Phi) is 3.22. The molecule has 3 rings (SSSR count). The number of rotatable bonds is 3. The Labute approximate surface area is 115 Å². The van der Waals surface area contributed by atoms with E-state index in [0.717, 1.165) is 11.1 Å². The summed E-state index contributed by atoms with van der Waals surface area (Å²) in [6, 6.07) is 13.2. The average molecular weight is 267 g/mol. The number of tetrazole rings is 1. The van der Waals surface area contributed by atoms with Crippen molar-refractivity contribution in [1.82, 2.24) is 25.2 Å². The van der Waals surface area contributed by atoms with E-state index in [1.807, 2.05) is 30.3 Å². The number of nitrogens with zero attached hydrogens (tertiary/aromatic N) is 5. The molecular formula is C14H13N5O. The second-order valence-electron chi connectivity index (χ2n) is 4.39. The highest BCUT2D eigenvalue weighted by atomic mass is 16.3. The minimum Gasteiger partial charge on any atom is -0.389 e. The van der Waals surface area contributed by atoms with Gasteiger partial charge in [0.15, 0.2) is 5.82 Å². The Hall–Kier alpha value is -2.60. The molecule has 0 unspecified atom stereocenters. The number of benzene rings is 1. The van der Waals surface area contributed by atoms with Crippen molar-refractivity contribution in [2.75, 3.05) is 0 Å². The standard InChI is InChI=1S/C14H13N5O/c1-10(20)12-7-8-13(15-9-12)19-17-14(16-18-19)11-5-3-2-4-6-11/h2-10,20H,1H3/t10-/m1/s1. The predicted octanol–water partition coefficient (Wildman–Crippen LogP) is 1.78. The summed E-state index contributed by atoms with van der Waals surface area (Å²) in [5.41, 5.74) is 1.65. The second-order valence-corrected chi connectivity index (χ2v) is 4.39. The summed E-state index contributed by atoms with van der Waals surface area (Å²) in [5, 5.41) is 21.7. The zero-order valence-electron chi connectivity index (χ0n) is 10.9. The molecule has 1 atom stereocenters. The molecule has 0 amide bonds. The number of hydrogen-bond donors (Lipinski definition) is 1. The van der Waals surface area contributed by atoms with Crippen molar-refractivity contribution >= 4 is 0 Å². The number of aliphatic hydroxyl groups is 1. The van der Waals surface area contributed by atoms with Gasteiger partial charge in [-0.3, -0.25) is 0 Å². The van der Waals surface area contributed by atoms with Gasteiger partial charge in [0.05, 0.1) is 6.10 Å². The van der Waals surface area contributed by atoms with Crippen LogP contribution in [0.2, 0.25) is 0 Å². The zero-order chi connectivity index (χ0) is 13.9. The predicted molar refractivity (Wildman–Crippen MR) is 73.0 cm³/mol. The van der Waals surface area contributed by atoms with E-state index < -0.39 is 6.10 Å². The molecule has 0 aliphatic heterocycles. The first kappa shape index (κ1) is 12.4. The van der Waals surface area contributed by atoms with E-state index in [1.54, 1.807) is 25.3 Å². The Morgan fingerprint density at radius 1 is 1.10 bits per heavy atom. The minimum atomic E-state index is -0.542. The van der Waals surface area contributed by atoms with Gasteiger partial charge in [0.25, 0.3) is 0 Å². The van der Waals surface area contributed by atoms with Gasteiger partial charge in [-0.05, 0) is 23.8 Å². The number of hydrogen-bond acceptors (Lipinski definition) is 5.